The smallest absolute Gasteiger partial charge is 0.167 e. The van der Waals surface area contributed by atoms with Crippen LogP contribution < -0.4 is 0 Å². The van der Waals surface area contributed by atoms with Gasteiger partial charge in [0.15, 0.2) is 5.78 Å². The van der Waals surface area contributed by atoms with Crippen LogP contribution in [0.25, 0.3) is 0 Å². The lowest BCUT2D eigenvalue weighted by atomic mass is 10.1. The summed E-state index contributed by atoms with van der Waals surface area (Å²) in [5.74, 6) is 0.108. The maximum atomic E-state index is 11.9. The van der Waals surface area contributed by atoms with E-state index in [0.717, 1.165) is 9.13 Å². The first kappa shape index (κ1) is 12.1. The maximum absolute atomic E-state index is 11.9. The second-order valence-electron chi connectivity index (χ2n) is 3.36. The van der Waals surface area contributed by atoms with Crippen molar-refractivity contribution in [3.05, 3.63) is 54.7 Å². The van der Waals surface area contributed by atoms with Gasteiger partial charge in [-0.25, -0.2) is 0 Å². The minimum atomic E-state index is 0.108. The van der Waals surface area contributed by atoms with Gasteiger partial charge in [0.05, 0.1) is 5.02 Å². The Hall–Kier alpha value is -0.390. The van der Waals surface area contributed by atoms with E-state index >= 15 is 0 Å². The highest BCUT2D eigenvalue weighted by molar-refractivity contribution is 14.1. The van der Waals surface area contributed by atoms with Crippen molar-refractivity contribution in [3.63, 3.8) is 0 Å². The Kier molecular flexibility index (Phi) is 4.00. The van der Waals surface area contributed by atoms with E-state index in [9.17, 15) is 4.79 Å². The molecule has 0 aliphatic heterocycles. The fraction of sp³-hybridized carbons (Fsp3) is 0.0833. The molecule has 0 bridgehead atoms. The van der Waals surface area contributed by atoms with Crippen LogP contribution in [0.2, 0.25) is 5.02 Å². The zero-order valence-corrected chi connectivity index (χ0v) is 12.0. The first-order valence-corrected chi connectivity index (χ1v) is 7.06. The van der Waals surface area contributed by atoms with E-state index in [2.05, 4.69) is 22.6 Å². The average Bonchev–Trinajstić information content (AvgIpc) is 2.74. The number of halogens is 2. The third-order valence-electron chi connectivity index (χ3n) is 2.19. The summed E-state index contributed by atoms with van der Waals surface area (Å²) >= 11 is 9.73. The Morgan fingerprint density at radius 2 is 2.19 bits per heavy atom. The second-order valence-corrected chi connectivity index (χ2v) is 5.71. The number of Topliss-reactive ketones (excluding diaryl/α,β-unsaturated/α-hetero) is 1. The third-order valence-corrected chi connectivity index (χ3v) is 4.49. The van der Waals surface area contributed by atoms with Gasteiger partial charge in [0, 0.05) is 15.6 Å². The Balaban J connectivity index is 2.18. The Morgan fingerprint density at radius 1 is 1.38 bits per heavy atom. The summed E-state index contributed by atoms with van der Waals surface area (Å²) in [5.41, 5.74) is 1.74. The Bertz CT molecular complexity index is 508. The van der Waals surface area contributed by atoms with Gasteiger partial charge in [-0.05, 0) is 57.1 Å². The summed E-state index contributed by atoms with van der Waals surface area (Å²) in [6.45, 7) is 0. The molecule has 0 aliphatic carbocycles. The molecule has 0 aliphatic rings. The van der Waals surface area contributed by atoms with Gasteiger partial charge in [-0.3, -0.25) is 4.79 Å². The second kappa shape index (κ2) is 5.29. The van der Waals surface area contributed by atoms with Crippen molar-refractivity contribution < 1.29 is 4.79 Å². The first-order valence-electron chi connectivity index (χ1n) is 4.66. The average molecular weight is 363 g/mol. The molecule has 16 heavy (non-hydrogen) atoms. The van der Waals surface area contributed by atoms with Crippen molar-refractivity contribution in [1.82, 2.24) is 0 Å². The summed E-state index contributed by atoms with van der Waals surface area (Å²) in [7, 11) is 0. The lowest BCUT2D eigenvalue weighted by molar-refractivity contribution is 0.0993. The molecule has 0 saturated heterocycles. The molecule has 82 valence electrons. The standard InChI is InChI=1S/C12H8ClIOS/c13-10-6-9(1-2-11(10)14)12(15)5-8-3-4-16-7-8/h1-4,6-7H,5H2. The van der Waals surface area contributed by atoms with Gasteiger partial charge in [0.25, 0.3) is 0 Å². The van der Waals surface area contributed by atoms with Crippen LogP contribution in [0.4, 0.5) is 0 Å². The normalized spacial score (nSPS) is 10.4. The molecule has 0 amide bonds. The quantitative estimate of drug-likeness (QED) is 0.583. The number of rotatable bonds is 3. The highest BCUT2D eigenvalue weighted by atomic mass is 127. The van der Waals surface area contributed by atoms with Crippen LogP contribution in [-0.2, 0) is 6.42 Å². The Morgan fingerprint density at radius 3 is 2.81 bits per heavy atom. The van der Waals surface area contributed by atoms with E-state index < -0.39 is 0 Å². The first-order chi connectivity index (χ1) is 7.66. The van der Waals surface area contributed by atoms with Crippen LogP contribution in [0.3, 0.4) is 0 Å². The number of hydrogen-bond donors (Lipinski definition) is 0. The third kappa shape index (κ3) is 2.84. The summed E-state index contributed by atoms with van der Waals surface area (Å²) in [6, 6.07) is 7.39. The molecule has 0 fully saturated rings. The fourth-order valence-corrected chi connectivity index (χ4v) is 2.53. The molecular weight excluding hydrogens is 355 g/mol. The highest BCUT2D eigenvalue weighted by Gasteiger charge is 2.09. The lowest BCUT2D eigenvalue weighted by Crippen LogP contribution is -2.02. The van der Waals surface area contributed by atoms with Gasteiger partial charge in [-0.1, -0.05) is 17.7 Å². The zero-order valence-electron chi connectivity index (χ0n) is 8.24. The lowest BCUT2D eigenvalue weighted by Gasteiger charge is -2.01. The van der Waals surface area contributed by atoms with E-state index in [1.165, 1.54) is 0 Å². The molecule has 0 spiro atoms. The molecule has 4 heteroatoms. The molecule has 0 unspecified atom stereocenters. The van der Waals surface area contributed by atoms with Crippen molar-refractivity contribution in [3.8, 4) is 0 Å². The molecule has 1 aromatic heterocycles. The van der Waals surface area contributed by atoms with Gasteiger partial charge in [-0.15, -0.1) is 0 Å². The largest absolute Gasteiger partial charge is 0.294 e. The molecule has 2 aromatic rings. The van der Waals surface area contributed by atoms with Gasteiger partial charge < -0.3 is 0 Å². The van der Waals surface area contributed by atoms with Crippen molar-refractivity contribution in [2.45, 2.75) is 6.42 Å². The predicted molar refractivity (Wildman–Crippen MR) is 76.5 cm³/mol. The highest BCUT2D eigenvalue weighted by Crippen LogP contribution is 2.20. The fourth-order valence-electron chi connectivity index (χ4n) is 1.35. The summed E-state index contributed by atoms with van der Waals surface area (Å²) in [4.78, 5) is 11.9. The van der Waals surface area contributed by atoms with Crippen LogP contribution in [0, 0.1) is 3.57 Å². The van der Waals surface area contributed by atoms with E-state index in [-0.39, 0.29) is 5.78 Å². The number of carbonyl (C=O) groups excluding carboxylic acids is 1. The van der Waals surface area contributed by atoms with Gasteiger partial charge in [-0.2, -0.15) is 11.3 Å². The van der Waals surface area contributed by atoms with Gasteiger partial charge in [0.1, 0.15) is 0 Å². The van der Waals surface area contributed by atoms with Gasteiger partial charge >= 0.3 is 0 Å². The Labute approximate surface area is 117 Å². The molecular formula is C12H8ClIOS. The molecule has 0 atom stereocenters. The maximum Gasteiger partial charge on any atom is 0.167 e. The topological polar surface area (TPSA) is 17.1 Å². The van der Waals surface area contributed by atoms with Crippen LogP contribution in [0.1, 0.15) is 15.9 Å². The monoisotopic (exact) mass is 362 g/mol. The molecule has 1 heterocycles. The molecule has 0 radical (unpaired) electrons. The van der Waals surface area contributed by atoms with Crippen LogP contribution in [0.5, 0.6) is 0 Å². The van der Waals surface area contributed by atoms with E-state index in [1.807, 2.05) is 29.0 Å². The number of thiophene rings is 1. The predicted octanol–water partition coefficient (Wildman–Crippen LogP) is 4.43. The summed E-state index contributed by atoms with van der Waals surface area (Å²) < 4.78 is 0.964. The van der Waals surface area contributed by atoms with E-state index in [1.54, 1.807) is 17.4 Å². The van der Waals surface area contributed by atoms with Crippen LogP contribution in [-0.4, -0.2) is 5.78 Å². The molecule has 1 aromatic carbocycles. The van der Waals surface area contributed by atoms with Gasteiger partial charge in [0.2, 0.25) is 0 Å². The molecule has 0 saturated carbocycles. The minimum absolute atomic E-state index is 0.108. The van der Waals surface area contributed by atoms with Crippen molar-refractivity contribution in [2.24, 2.45) is 0 Å². The zero-order chi connectivity index (χ0) is 11.5. The van der Waals surface area contributed by atoms with Crippen LogP contribution in [0.15, 0.2) is 35.0 Å². The van der Waals surface area contributed by atoms with Crippen molar-refractivity contribution in [1.29, 1.82) is 0 Å². The number of hydrogen-bond acceptors (Lipinski definition) is 2. The van der Waals surface area contributed by atoms with Crippen molar-refractivity contribution in [2.75, 3.05) is 0 Å². The van der Waals surface area contributed by atoms with Crippen molar-refractivity contribution >= 4 is 51.3 Å². The number of carbonyl (C=O) groups is 1. The summed E-state index contributed by atoms with van der Waals surface area (Å²) in [5, 5.41) is 4.60. The molecule has 1 nitrogen and oxygen atoms in total. The number of ketones is 1. The van der Waals surface area contributed by atoms with E-state index in [0.29, 0.717) is 17.0 Å². The SMILES string of the molecule is O=C(Cc1ccsc1)c1ccc(I)c(Cl)c1. The summed E-state index contributed by atoms with van der Waals surface area (Å²) in [6.07, 6.45) is 0.445. The van der Waals surface area contributed by atoms with E-state index in [4.69, 9.17) is 11.6 Å². The minimum Gasteiger partial charge on any atom is -0.294 e. The molecule has 2 rings (SSSR count). The number of benzene rings is 1. The molecule has 0 N–H and O–H groups in total. The van der Waals surface area contributed by atoms with Crippen LogP contribution >= 0.6 is 45.5 Å².